The quantitative estimate of drug-likeness (QED) is 0.651. The molecule has 0 aliphatic carbocycles. The molecule has 0 aromatic heterocycles. The highest BCUT2D eigenvalue weighted by molar-refractivity contribution is 6.34. The molecule has 1 N–H and O–H groups in total. The molecule has 2 heterocycles. The average Bonchev–Trinajstić information content (AvgIpc) is 3.08. The lowest BCUT2D eigenvalue weighted by Crippen LogP contribution is -2.43. The van der Waals surface area contributed by atoms with Crippen LogP contribution in [0.2, 0.25) is 5.02 Å². The van der Waals surface area contributed by atoms with E-state index >= 15 is 0 Å². The Kier molecular flexibility index (Phi) is 6.43. The van der Waals surface area contributed by atoms with E-state index in [1.807, 2.05) is 0 Å². The summed E-state index contributed by atoms with van der Waals surface area (Å²) in [6.07, 6.45) is 4.29. The molecule has 0 spiro atoms. The normalized spacial score (nSPS) is 21.4. The van der Waals surface area contributed by atoms with Crippen molar-refractivity contribution < 1.29 is 9.72 Å². The second-order valence-corrected chi connectivity index (χ2v) is 6.63. The summed E-state index contributed by atoms with van der Waals surface area (Å²) in [5.74, 6) is 0.253. The number of piperidine rings is 1. The molecule has 0 radical (unpaired) electrons. The van der Waals surface area contributed by atoms with Gasteiger partial charge in [-0.2, -0.15) is 0 Å². The zero-order chi connectivity index (χ0) is 16.4. The lowest BCUT2D eigenvalue weighted by atomic mass is 9.88. The number of hydrogen-bond donors (Lipinski definition) is 1. The number of rotatable bonds is 3. The Morgan fingerprint density at radius 2 is 2.00 bits per heavy atom. The smallest absolute Gasteiger partial charge is 0.283 e. The van der Waals surface area contributed by atoms with Gasteiger partial charge in [0.05, 0.1) is 9.95 Å². The van der Waals surface area contributed by atoms with Crippen LogP contribution in [0.25, 0.3) is 0 Å². The van der Waals surface area contributed by atoms with Gasteiger partial charge in [0, 0.05) is 25.2 Å². The van der Waals surface area contributed by atoms with Gasteiger partial charge < -0.3 is 10.2 Å². The lowest BCUT2D eigenvalue weighted by molar-refractivity contribution is -0.385. The van der Waals surface area contributed by atoms with Crippen molar-refractivity contribution in [1.29, 1.82) is 0 Å². The van der Waals surface area contributed by atoms with Gasteiger partial charge in [-0.25, -0.2) is 0 Å². The minimum atomic E-state index is -0.547. The molecule has 132 valence electrons. The molecule has 2 aliphatic heterocycles. The van der Waals surface area contributed by atoms with Crippen LogP contribution >= 0.6 is 24.0 Å². The van der Waals surface area contributed by atoms with Gasteiger partial charge in [-0.05, 0) is 44.2 Å². The van der Waals surface area contributed by atoms with Gasteiger partial charge in [0.1, 0.15) is 5.56 Å². The van der Waals surface area contributed by atoms with Crippen LogP contribution in [0.3, 0.4) is 0 Å². The van der Waals surface area contributed by atoms with Gasteiger partial charge in [0.25, 0.3) is 11.6 Å². The molecule has 6 nitrogen and oxygen atoms in total. The highest BCUT2D eigenvalue weighted by Crippen LogP contribution is 2.31. The molecule has 2 fully saturated rings. The number of nitro benzene ring substituents is 1. The van der Waals surface area contributed by atoms with Crippen molar-refractivity contribution in [3.63, 3.8) is 0 Å². The Bertz CT molecular complexity index is 613. The fourth-order valence-electron chi connectivity index (χ4n) is 3.65. The van der Waals surface area contributed by atoms with Gasteiger partial charge in [0.15, 0.2) is 0 Å². The fourth-order valence-corrected chi connectivity index (χ4v) is 3.90. The minimum absolute atomic E-state index is 0. The van der Waals surface area contributed by atoms with Crippen molar-refractivity contribution in [2.75, 3.05) is 19.6 Å². The summed E-state index contributed by atoms with van der Waals surface area (Å²) in [4.78, 5) is 25.0. The molecule has 0 bridgehead atoms. The summed E-state index contributed by atoms with van der Waals surface area (Å²) < 4.78 is 0. The molecule has 0 saturated carbocycles. The Balaban J connectivity index is 0.00000208. The summed E-state index contributed by atoms with van der Waals surface area (Å²) in [6.45, 7) is 2.34. The fraction of sp³-hybridized carbons (Fsp3) is 0.562. The van der Waals surface area contributed by atoms with E-state index in [1.165, 1.54) is 31.0 Å². The van der Waals surface area contributed by atoms with Gasteiger partial charge >= 0.3 is 0 Å². The van der Waals surface area contributed by atoms with Crippen LogP contribution in [0.1, 0.15) is 36.0 Å². The summed E-state index contributed by atoms with van der Waals surface area (Å²) in [5, 5.41) is 14.8. The molecule has 24 heavy (non-hydrogen) atoms. The first-order valence-corrected chi connectivity index (χ1v) is 8.41. The first-order chi connectivity index (χ1) is 11.1. The van der Waals surface area contributed by atoms with Crippen molar-refractivity contribution in [3.05, 3.63) is 38.9 Å². The predicted molar refractivity (Wildman–Crippen MR) is 95.0 cm³/mol. The van der Waals surface area contributed by atoms with Crippen molar-refractivity contribution in [3.8, 4) is 0 Å². The van der Waals surface area contributed by atoms with E-state index in [4.69, 9.17) is 11.6 Å². The maximum absolute atomic E-state index is 12.7. The predicted octanol–water partition coefficient (Wildman–Crippen LogP) is 3.27. The van der Waals surface area contributed by atoms with Gasteiger partial charge in [-0.15, -0.1) is 12.4 Å². The Morgan fingerprint density at radius 3 is 2.58 bits per heavy atom. The largest absolute Gasteiger partial charge is 0.338 e. The second kappa shape index (κ2) is 8.14. The number of hydrogen-bond acceptors (Lipinski definition) is 4. The molecule has 1 aromatic carbocycles. The molecular weight excluding hydrogens is 353 g/mol. The SMILES string of the molecule is Cl.O=C(c1c(Cl)cccc1[N+](=O)[O-])N1CCC(C2CCCN2)CC1. The van der Waals surface area contributed by atoms with Crippen molar-refractivity contribution in [2.24, 2.45) is 5.92 Å². The van der Waals surface area contributed by atoms with Crippen LogP contribution in [0.15, 0.2) is 18.2 Å². The van der Waals surface area contributed by atoms with E-state index in [0.29, 0.717) is 25.0 Å². The van der Waals surface area contributed by atoms with E-state index in [0.717, 1.165) is 19.4 Å². The number of nitro groups is 1. The van der Waals surface area contributed by atoms with Crippen molar-refractivity contribution in [1.82, 2.24) is 10.2 Å². The molecule has 2 saturated heterocycles. The number of likely N-dealkylation sites (tertiary alicyclic amines) is 1. The molecule has 1 atom stereocenters. The molecule has 1 amide bonds. The Morgan fingerprint density at radius 1 is 1.29 bits per heavy atom. The minimum Gasteiger partial charge on any atom is -0.338 e. The molecule has 2 aliphatic rings. The second-order valence-electron chi connectivity index (χ2n) is 6.22. The van der Waals surface area contributed by atoms with Crippen LogP contribution in [-0.2, 0) is 0 Å². The Hall–Kier alpha value is -1.37. The number of nitrogens with one attached hydrogen (secondary N) is 1. The molecule has 1 aromatic rings. The summed E-state index contributed by atoms with van der Waals surface area (Å²) in [5.41, 5.74) is -0.210. The molecular formula is C16H21Cl2N3O3. The summed E-state index contributed by atoms with van der Waals surface area (Å²) >= 11 is 6.06. The number of halogens is 2. The highest BCUT2D eigenvalue weighted by atomic mass is 35.5. The number of nitrogens with zero attached hydrogens (tertiary/aromatic N) is 2. The van der Waals surface area contributed by atoms with Crippen molar-refractivity contribution >= 4 is 35.6 Å². The van der Waals surface area contributed by atoms with Crippen LogP contribution in [0, 0.1) is 16.0 Å². The lowest BCUT2D eigenvalue weighted by Gasteiger charge is -2.35. The average molecular weight is 374 g/mol. The first kappa shape index (κ1) is 19.0. The maximum atomic E-state index is 12.7. The van der Waals surface area contributed by atoms with Gasteiger partial charge in [0.2, 0.25) is 0 Å². The van der Waals surface area contributed by atoms with E-state index in [-0.39, 0.29) is 34.6 Å². The number of benzene rings is 1. The zero-order valence-corrected chi connectivity index (χ0v) is 14.8. The highest BCUT2D eigenvalue weighted by Gasteiger charge is 2.33. The third-order valence-electron chi connectivity index (χ3n) is 4.90. The van der Waals surface area contributed by atoms with Crippen LogP contribution in [-0.4, -0.2) is 41.4 Å². The monoisotopic (exact) mass is 373 g/mol. The molecule has 8 heteroatoms. The number of amides is 1. The van der Waals surface area contributed by atoms with Gasteiger partial charge in [-0.1, -0.05) is 17.7 Å². The first-order valence-electron chi connectivity index (χ1n) is 8.03. The molecule has 3 rings (SSSR count). The summed E-state index contributed by atoms with van der Waals surface area (Å²) in [7, 11) is 0. The van der Waals surface area contributed by atoms with E-state index < -0.39 is 4.92 Å². The van der Waals surface area contributed by atoms with E-state index in [1.54, 1.807) is 4.90 Å². The third-order valence-corrected chi connectivity index (χ3v) is 5.21. The van der Waals surface area contributed by atoms with Crippen LogP contribution in [0.5, 0.6) is 0 Å². The van der Waals surface area contributed by atoms with Crippen molar-refractivity contribution in [2.45, 2.75) is 31.7 Å². The van der Waals surface area contributed by atoms with Crippen LogP contribution < -0.4 is 5.32 Å². The number of carbonyl (C=O) groups excluding carboxylic acids is 1. The number of carbonyl (C=O) groups is 1. The van der Waals surface area contributed by atoms with Gasteiger partial charge in [-0.3, -0.25) is 14.9 Å². The maximum Gasteiger partial charge on any atom is 0.283 e. The third kappa shape index (κ3) is 3.82. The Labute approximate surface area is 152 Å². The standard InChI is InChI=1S/C16H20ClN3O3.ClH/c17-12-3-1-5-14(20(22)23)15(12)16(21)19-9-6-11(7-10-19)13-4-2-8-18-13;/h1,3,5,11,13,18H,2,4,6-10H2;1H. The van der Waals surface area contributed by atoms with E-state index in [9.17, 15) is 14.9 Å². The summed E-state index contributed by atoms with van der Waals surface area (Å²) in [6, 6.07) is 4.91. The molecule has 1 unspecified atom stereocenters. The van der Waals surface area contributed by atoms with Crippen LogP contribution in [0.4, 0.5) is 5.69 Å². The van der Waals surface area contributed by atoms with E-state index in [2.05, 4.69) is 5.32 Å². The topological polar surface area (TPSA) is 75.5 Å². The zero-order valence-electron chi connectivity index (χ0n) is 13.2.